The zero-order valence-corrected chi connectivity index (χ0v) is 8.60. The van der Waals surface area contributed by atoms with Crippen LogP contribution in [0.15, 0.2) is 30.3 Å². The van der Waals surface area contributed by atoms with Gasteiger partial charge in [0.25, 0.3) is 0 Å². The molecule has 0 aliphatic heterocycles. The highest BCUT2D eigenvalue weighted by molar-refractivity contribution is 6.34. The van der Waals surface area contributed by atoms with E-state index in [1.165, 1.54) is 0 Å². The Morgan fingerprint density at radius 2 is 1.88 bits per heavy atom. The highest BCUT2D eigenvalue weighted by atomic mass is 16.5. The van der Waals surface area contributed by atoms with Gasteiger partial charge in [-0.25, -0.2) is 5.84 Å². The van der Waals surface area contributed by atoms with Crippen molar-refractivity contribution in [2.24, 2.45) is 5.84 Å². The van der Waals surface area contributed by atoms with Crippen molar-refractivity contribution in [1.82, 2.24) is 10.7 Å². The summed E-state index contributed by atoms with van der Waals surface area (Å²) < 4.78 is 5.29. The molecule has 0 fully saturated rings. The predicted molar refractivity (Wildman–Crippen MR) is 57.3 cm³/mol. The first-order valence-corrected chi connectivity index (χ1v) is 4.70. The van der Waals surface area contributed by atoms with Gasteiger partial charge in [-0.1, -0.05) is 18.2 Å². The Morgan fingerprint density at radius 3 is 2.50 bits per heavy atom. The third-order valence-electron chi connectivity index (χ3n) is 1.74. The molecule has 86 valence electrons. The summed E-state index contributed by atoms with van der Waals surface area (Å²) in [7, 11) is 0. The molecule has 0 spiro atoms. The lowest BCUT2D eigenvalue weighted by Crippen LogP contribution is -2.44. The second kappa shape index (κ2) is 6.41. The third kappa shape index (κ3) is 3.97. The van der Waals surface area contributed by atoms with Crippen LogP contribution in [0.25, 0.3) is 0 Å². The number of para-hydroxylation sites is 1. The zero-order chi connectivity index (χ0) is 11.8. The molecule has 1 aromatic rings. The number of rotatable bonds is 4. The molecule has 2 amide bonds. The monoisotopic (exact) mass is 223 g/mol. The number of hydrogen-bond donors (Lipinski definition) is 3. The summed E-state index contributed by atoms with van der Waals surface area (Å²) in [5.74, 6) is 3.83. The number of nitrogens with two attached hydrogens (primary N) is 1. The van der Waals surface area contributed by atoms with Gasteiger partial charge in [0.15, 0.2) is 0 Å². The number of ether oxygens (including phenoxy) is 1. The summed E-state index contributed by atoms with van der Waals surface area (Å²) in [5.41, 5.74) is 1.73. The molecule has 0 heterocycles. The normalized spacial score (nSPS) is 9.31. The van der Waals surface area contributed by atoms with Crippen molar-refractivity contribution in [2.45, 2.75) is 0 Å². The van der Waals surface area contributed by atoms with Crippen molar-refractivity contribution in [3.8, 4) is 5.75 Å². The first-order chi connectivity index (χ1) is 7.74. The summed E-state index contributed by atoms with van der Waals surface area (Å²) in [6, 6.07) is 9.16. The molecule has 1 aromatic carbocycles. The van der Waals surface area contributed by atoms with E-state index >= 15 is 0 Å². The molecule has 0 saturated carbocycles. The standard InChI is InChI=1S/C10H13N3O3/c11-13-10(15)9(14)12-6-7-16-8-4-2-1-3-5-8/h1-5H,6-7,11H2,(H,12,14)(H,13,15). The molecule has 4 N–H and O–H groups in total. The van der Waals surface area contributed by atoms with Gasteiger partial charge in [-0.2, -0.15) is 0 Å². The third-order valence-corrected chi connectivity index (χ3v) is 1.74. The van der Waals surface area contributed by atoms with Crippen LogP contribution >= 0.6 is 0 Å². The predicted octanol–water partition coefficient (Wildman–Crippen LogP) is -0.828. The Kier molecular flexibility index (Phi) is 4.81. The summed E-state index contributed by atoms with van der Waals surface area (Å²) >= 11 is 0. The van der Waals surface area contributed by atoms with Crippen LogP contribution in [-0.2, 0) is 9.59 Å². The van der Waals surface area contributed by atoms with Gasteiger partial charge in [-0.05, 0) is 12.1 Å². The summed E-state index contributed by atoms with van der Waals surface area (Å²) in [6.45, 7) is 0.523. The Morgan fingerprint density at radius 1 is 1.19 bits per heavy atom. The van der Waals surface area contributed by atoms with Crippen LogP contribution in [0, 0.1) is 0 Å². The second-order valence-corrected chi connectivity index (χ2v) is 2.89. The van der Waals surface area contributed by atoms with Crippen LogP contribution in [0.5, 0.6) is 5.75 Å². The quantitative estimate of drug-likeness (QED) is 0.204. The molecule has 0 bridgehead atoms. The molecule has 0 unspecified atom stereocenters. The van der Waals surface area contributed by atoms with Crippen LogP contribution in [0.2, 0.25) is 0 Å². The van der Waals surface area contributed by atoms with E-state index in [-0.39, 0.29) is 13.2 Å². The van der Waals surface area contributed by atoms with Gasteiger partial charge in [0.1, 0.15) is 12.4 Å². The van der Waals surface area contributed by atoms with E-state index in [1.807, 2.05) is 18.2 Å². The van der Waals surface area contributed by atoms with E-state index in [2.05, 4.69) is 5.32 Å². The Bertz CT molecular complexity index is 354. The summed E-state index contributed by atoms with van der Waals surface area (Å²) in [4.78, 5) is 21.6. The van der Waals surface area contributed by atoms with Gasteiger partial charge in [0.05, 0.1) is 6.54 Å². The number of hydrogen-bond acceptors (Lipinski definition) is 4. The highest BCUT2D eigenvalue weighted by Crippen LogP contribution is 2.07. The van der Waals surface area contributed by atoms with E-state index in [9.17, 15) is 9.59 Å². The molecule has 0 aliphatic carbocycles. The molecule has 0 saturated heterocycles. The Labute approximate surface area is 92.7 Å². The fourth-order valence-corrected chi connectivity index (χ4v) is 0.996. The van der Waals surface area contributed by atoms with E-state index in [0.717, 1.165) is 0 Å². The lowest BCUT2D eigenvalue weighted by Gasteiger charge is -2.06. The molecule has 0 radical (unpaired) electrons. The fraction of sp³-hybridized carbons (Fsp3) is 0.200. The largest absolute Gasteiger partial charge is 0.492 e. The van der Waals surface area contributed by atoms with Crippen LogP contribution in [0.1, 0.15) is 0 Å². The van der Waals surface area contributed by atoms with E-state index in [1.54, 1.807) is 17.6 Å². The molecule has 0 aromatic heterocycles. The maximum absolute atomic E-state index is 10.9. The van der Waals surface area contributed by atoms with Crippen LogP contribution in [-0.4, -0.2) is 25.0 Å². The maximum Gasteiger partial charge on any atom is 0.323 e. The van der Waals surface area contributed by atoms with Crippen LogP contribution < -0.4 is 21.3 Å². The van der Waals surface area contributed by atoms with Gasteiger partial charge in [0, 0.05) is 0 Å². The molecule has 1 rings (SSSR count). The van der Waals surface area contributed by atoms with Gasteiger partial charge < -0.3 is 10.1 Å². The van der Waals surface area contributed by atoms with Gasteiger partial charge in [-0.3, -0.25) is 15.0 Å². The van der Waals surface area contributed by atoms with Crippen LogP contribution in [0.3, 0.4) is 0 Å². The summed E-state index contributed by atoms with van der Waals surface area (Å²) in [6.07, 6.45) is 0. The summed E-state index contributed by atoms with van der Waals surface area (Å²) in [5, 5.41) is 2.35. The average molecular weight is 223 g/mol. The molecular formula is C10H13N3O3. The van der Waals surface area contributed by atoms with Crippen LogP contribution in [0.4, 0.5) is 0 Å². The minimum Gasteiger partial charge on any atom is -0.492 e. The van der Waals surface area contributed by atoms with Gasteiger partial charge in [0.2, 0.25) is 0 Å². The molecule has 16 heavy (non-hydrogen) atoms. The molecule has 6 heteroatoms. The minimum atomic E-state index is -0.875. The van der Waals surface area contributed by atoms with Crippen molar-refractivity contribution >= 4 is 11.8 Å². The molecule has 6 nitrogen and oxygen atoms in total. The number of nitrogens with one attached hydrogen (secondary N) is 2. The zero-order valence-electron chi connectivity index (χ0n) is 8.60. The SMILES string of the molecule is NNC(=O)C(=O)NCCOc1ccccc1. The van der Waals surface area contributed by atoms with Crippen molar-refractivity contribution in [1.29, 1.82) is 0 Å². The number of benzene rings is 1. The smallest absolute Gasteiger partial charge is 0.323 e. The Balaban J connectivity index is 2.17. The number of carbonyl (C=O) groups excluding carboxylic acids is 2. The minimum absolute atomic E-state index is 0.237. The lowest BCUT2D eigenvalue weighted by atomic mass is 10.3. The number of carbonyl (C=O) groups is 2. The topological polar surface area (TPSA) is 93.5 Å². The van der Waals surface area contributed by atoms with Gasteiger partial charge >= 0.3 is 11.8 Å². The molecule has 0 atom stereocenters. The fourth-order valence-electron chi connectivity index (χ4n) is 0.996. The van der Waals surface area contributed by atoms with Crippen molar-refractivity contribution in [3.63, 3.8) is 0 Å². The van der Waals surface area contributed by atoms with Crippen molar-refractivity contribution in [3.05, 3.63) is 30.3 Å². The second-order valence-electron chi connectivity index (χ2n) is 2.89. The number of amides is 2. The van der Waals surface area contributed by atoms with E-state index in [0.29, 0.717) is 5.75 Å². The van der Waals surface area contributed by atoms with E-state index in [4.69, 9.17) is 10.6 Å². The molecular weight excluding hydrogens is 210 g/mol. The highest BCUT2D eigenvalue weighted by Gasteiger charge is 2.09. The first kappa shape index (κ1) is 12.0. The van der Waals surface area contributed by atoms with E-state index < -0.39 is 11.8 Å². The van der Waals surface area contributed by atoms with Crippen molar-refractivity contribution in [2.75, 3.05) is 13.2 Å². The average Bonchev–Trinajstić information content (AvgIpc) is 2.34. The van der Waals surface area contributed by atoms with Crippen molar-refractivity contribution < 1.29 is 14.3 Å². The first-order valence-electron chi connectivity index (χ1n) is 4.70. The maximum atomic E-state index is 10.9. The number of hydrazine groups is 1. The van der Waals surface area contributed by atoms with Gasteiger partial charge in [-0.15, -0.1) is 0 Å². The Hall–Kier alpha value is -2.08. The lowest BCUT2D eigenvalue weighted by molar-refractivity contribution is -0.139. The molecule has 0 aliphatic rings.